The van der Waals surface area contributed by atoms with E-state index in [2.05, 4.69) is 25.7 Å². The number of aliphatic hydroxyl groups excluding tert-OH is 1. The van der Waals surface area contributed by atoms with Crippen molar-refractivity contribution < 1.29 is 19.0 Å². The van der Waals surface area contributed by atoms with Gasteiger partial charge in [-0.15, -0.1) is 0 Å². The number of hydrogen-bond acceptors (Lipinski definition) is 7. The van der Waals surface area contributed by atoms with Crippen LogP contribution in [0.3, 0.4) is 0 Å². The highest BCUT2D eigenvalue weighted by molar-refractivity contribution is 5.99. The Kier molecular flexibility index (Phi) is 4.83. The van der Waals surface area contributed by atoms with Crippen molar-refractivity contribution in [2.24, 2.45) is 4.99 Å². The molecule has 3 N–H and O–H groups in total. The Morgan fingerprint density at radius 3 is 2.90 bits per heavy atom. The number of aromatic amines is 1. The minimum atomic E-state index is -0.599. The first-order chi connectivity index (χ1) is 15.1. The van der Waals surface area contributed by atoms with Crippen molar-refractivity contribution in [3.8, 4) is 11.1 Å². The highest BCUT2D eigenvalue weighted by atomic mass is 19.1. The van der Waals surface area contributed by atoms with Crippen LogP contribution in [0.2, 0.25) is 0 Å². The molecule has 0 aliphatic carbocycles. The fourth-order valence-corrected chi connectivity index (χ4v) is 3.71. The van der Waals surface area contributed by atoms with Crippen LogP contribution in [0.4, 0.5) is 20.6 Å². The van der Waals surface area contributed by atoms with Crippen molar-refractivity contribution in [3.63, 3.8) is 0 Å². The molecule has 1 fully saturated rings. The van der Waals surface area contributed by atoms with Crippen molar-refractivity contribution in [1.29, 1.82) is 0 Å². The summed E-state index contributed by atoms with van der Waals surface area (Å²) in [7, 11) is 0. The number of amides is 1. The zero-order chi connectivity index (χ0) is 21.4. The Bertz CT molecular complexity index is 1160. The van der Waals surface area contributed by atoms with Crippen LogP contribution in [0.15, 0.2) is 47.6 Å². The molecule has 0 unspecified atom stereocenters. The number of H-pyrrole nitrogens is 1. The second-order valence-electron chi connectivity index (χ2n) is 7.36. The van der Waals surface area contributed by atoms with Gasteiger partial charge in [0.2, 0.25) is 0 Å². The van der Waals surface area contributed by atoms with E-state index in [-0.39, 0.29) is 13.2 Å². The number of hydrogen-bond donors (Lipinski definition) is 3. The molecule has 158 valence electrons. The van der Waals surface area contributed by atoms with E-state index >= 15 is 0 Å². The number of ether oxygens (including phenoxy) is 1. The van der Waals surface area contributed by atoms with E-state index < -0.39 is 18.0 Å². The number of cyclic esters (lactones) is 1. The summed E-state index contributed by atoms with van der Waals surface area (Å²) >= 11 is 0. The molecule has 0 bridgehead atoms. The fourth-order valence-electron chi connectivity index (χ4n) is 3.71. The van der Waals surface area contributed by atoms with E-state index in [4.69, 9.17) is 4.74 Å². The van der Waals surface area contributed by atoms with Gasteiger partial charge in [-0.2, -0.15) is 15.4 Å². The molecule has 0 saturated carbocycles. The van der Waals surface area contributed by atoms with Crippen LogP contribution in [0.1, 0.15) is 11.3 Å². The number of nitrogens with one attached hydrogen (secondary N) is 2. The smallest absolute Gasteiger partial charge is 0.414 e. The summed E-state index contributed by atoms with van der Waals surface area (Å²) < 4.78 is 19.9. The number of aliphatic imine (C=N–C) groups is 1. The van der Waals surface area contributed by atoms with Crippen molar-refractivity contribution in [2.45, 2.75) is 19.1 Å². The van der Waals surface area contributed by atoms with Gasteiger partial charge >= 0.3 is 6.09 Å². The molecule has 0 spiro atoms. The predicted molar refractivity (Wildman–Crippen MR) is 111 cm³/mol. The van der Waals surface area contributed by atoms with Crippen molar-refractivity contribution in [2.75, 3.05) is 23.4 Å². The maximum Gasteiger partial charge on any atom is 0.414 e. The molecule has 9 nitrogen and oxygen atoms in total. The van der Waals surface area contributed by atoms with Gasteiger partial charge in [-0.25, -0.2) is 9.18 Å². The summed E-state index contributed by atoms with van der Waals surface area (Å²) in [5, 5.41) is 22.9. The number of amidine groups is 1. The number of carbonyl (C=O) groups is 1. The number of rotatable bonds is 5. The molecule has 2 aliphatic rings. The lowest BCUT2D eigenvalue weighted by atomic mass is 10.00. The molecule has 10 heteroatoms. The highest BCUT2D eigenvalue weighted by Gasteiger charge is 2.32. The highest BCUT2D eigenvalue weighted by Crippen LogP contribution is 2.32. The number of nitrogens with zero attached hydrogens (tertiary/aromatic N) is 4. The van der Waals surface area contributed by atoms with Gasteiger partial charge in [0.15, 0.2) is 0 Å². The molecule has 5 rings (SSSR count). The van der Waals surface area contributed by atoms with E-state index in [1.807, 2.05) is 18.2 Å². The Morgan fingerprint density at radius 2 is 2.16 bits per heavy atom. The summed E-state index contributed by atoms with van der Waals surface area (Å²) in [4.78, 5) is 17.8. The van der Waals surface area contributed by atoms with Gasteiger partial charge in [0, 0.05) is 11.3 Å². The SMILES string of the molecule is O=C1O[C@@H](CO)CN1c1ccc(-c2ccc3c(c2)CN=C(Cc2cn[nH]n2)N3)c(F)c1. The molecule has 2 aromatic carbocycles. The Labute approximate surface area is 176 Å². The average Bonchev–Trinajstić information content (AvgIpc) is 3.42. The van der Waals surface area contributed by atoms with Crippen LogP contribution in [-0.4, -0.2) is 51.7 Å². The summed E-state index contributed by atoms with van der Waals surface area (Å²) in [6, 6.07) is 10.3. The van der Waals surface area contributed by atoms with E-state index in [0.717, 1.165) is 28.3 Å². The Balaban J connectivity index is 1.35. The lowest BCUT2D eigenvalue weighted by molar-refractivity contribution is 0.0963. The van der Waals surface area contributed by atoms with Crippen molar-refractivity contribution in [3.05, 3.63) is 59.7 Å². The number of carbonyl (C=O) groups excluding carboxylic acids is 1. The van der Waals surface area contributed by atoms with Gasteiger partial charge in [0.25, 0.3) is 0 Å². The largest absolute Gasteiger partial charge is 0.441 e. The lowest BCUT2D eigenvalue weighted by Gasteiger charge is -2.19. The van der Waals surface area contributed by atoms with Crippen LogP contribution >= 0.6 is 0 Å². The minimum absolute atomic E-state index is 0.188. The predicted octanol–water partition coefficient (Wildman–Crippen LogP) is 2.49. The molecule has 3 heterocycles. The molecule has 0 radical (unpaired) electrons. The molecule has 1 aromatic heterocycles. The van der Waals surface area contributed by atoms with Gasteiger partial charge in [-0.3, -0.25) is 9.89 Å². The Hall–Kier alpha value is -3.79. The molecular formula is C21H19FN6O3. The molecule has 3 aromatic rings. The average molecular weight is 422 g/mol. The molecule has 2 aliphatic heterocycles. The van der Waals surface area contributed by atoms with E-state index in [9.17, 15) is 14.3 Å². The summed E-state index contributed by atoms with van der Waals surface area (Å²) in [6.07, 6.45) is 1.01. The molecule has 1 amide bonds. The third-order valence-electron chi connectivity index (χ3n) is 5.29. The zero-order valence-corrected chi connectivity index (χ0v) is 16.4. The van der Waals surface area contributed by atoms with E-state index in [0.29, 0.717) is 24.2 Å². The number of aromatic nitrogens is 3. The topological polar surface area (TPSA) is 116 Å². The summed E-state index contributed by atoms with van der Waals surface area (Å²) in [5.41, 5.74) is 4.21. The second kappa shape index (κ2) is 7.80. The number of benzene rings is 2. The first-order valence-corrected chi connectivity index (χ1v) is 9.77. The van der Waals surface area contributed by atoms with Crippen LogP contribution in [-0.2, 0) is 17.7 Å². The quantitative estimate of drug-likeness (QED) is 0.582. The standard InChI is InChI=1S/C21H19FN6O3/c22-18-7-15(28-10-16(11-29)31-21(28)30)2-3-17(18)12-1-4-19-13(5-12)8-23-20(25-19)6-14-9-24-27-26-14/h1-5,7,9,16,29H,6,8,10-11H2,(H,23,25)(H,24,26,27)/t16-/m1/s1. The zero-order valence-electron chi connectivity index (χ0n) is 16.4. The molecule has 1 saturated heterocycles. The number of aliphatic hydroxyl groups is 1. The van der Waals surface area contributed by atoms with Gasteiger partial charge in [0.1, 0.15) is 17.8 Å². The van der Waals surface area contributed by atoms with Gasteiger partial charge < -0.3 is 15.2 Å². The third-order valence-corrected chi connectivity index (χ3v) is 5.29. The fraction of sp³-hybridized carbons (Fsp3) is 0.238. The normalized spacial score (nSPS) is 17.7. The monoisotopic (exact) mass is 422 g/mol. The van der Waals surface area contributed by atoms with Crippen LogP contribution in [0, 0.1) is 5.82 Å². The van der Waals surface area contributed by atoms with E-state index in [1.165, 1.54) is 11.0 Å². The minimum Gasteiger partial charge on any atom is -0.441 e. The molecular weight excluding hydrogens is 403 g/mol. The summed E-state index contributed by atoms with van der Waals surface area (Å²) in [6.45, 7) is 0.396. The van der Waals surface area contributed by atoms with Crippen LogP contribution in [0.25, 0.3) is 11.1 Å². The second-order valence-corrected chi connectivity index (χ2v) is 7.36. The van der Waals surface area contributed by atoms with E-state index in [1.54, 1.807) is 18.3 Å². The van der Waals surface area contributed by atoms with Gasteiger partial charge in [0.05, 0.1) is 43.7 Å². The number of halogens is 1. The maximum atomic E-state index is 14.9. The number of anilines is 2. The number of fused-ring (bicyclic) bond motifs is 1. The first-order valence-electron chi connectivity index (χ1n) is 9.77. The van der Waals surface area contributed by atoms with Gasteiger partial charge in [-0.05, 0) is 41.5 Å². The lowest BCUT2D eigenvalue weighted by Crippen LogP contribution is -2.25. The van der Waals surface area contributed by atoms with Crippen molar-refractivity contribution in [1.82, 2.24) is 15.4 Å². The maximum absolute atomic E-state index is 14.9. The van der Waals surface area contributed by atoms with Crippen molar-refractivity contribution >= 4 is 23.3 Å². The third kappa shape index (κ3) is 3.73. The summed E-state index contributed by atoms with van der Waals surface area (Å²) in [5.74, 6) is 0.347. The molecule has 31 heavy (non-hydrogen) atoms. The Morgan fingerprint density at radius 1 is 1.26 bits per heavy atom. The van der Waals surface area contributed by atoms with Crippen LogP contribution < -0.4 is 10.2 Å². The van der Waals surface area contributed by atoms with Crippen LogP contribution in [0.5, 0.6) is 0 Å². The first kappa shape index (κ1) is 19.2. The van der Waals surface area contributed by atoms with Gasteiger partial charge in [-0.1, -0.05) is 6.07 Å². The molecule has 1 atom stereocenters.